The van der Waals surface area contributed by atoms with Gasteiger partial charge < -0.3 is 25.4 Å². The molecular formula is C19H25N3O6. The standard InChI is InChI=1S/C19H25N3O6/c23-16(12-20-19(27)28-13-14-7-3-1-4-8-14)21-15(11-17(24)25)18(26)22-9-5-2-6-10-22/h1,3-4,7-8,15H,2,5-6,9-13H2,(H,20,27)(H,21,23)(H,24,25)/t15-/m0/s1. The minimum absolute atomic E-state index is 0.0589. The lowest BCUT2D eigenvalue weighted by molar-refractivity contribution is -0.144. The monoisotopic (exact) mass is 391 g/mol. The minimum Gasteiger partial charge on any atom is -0.481 e. The number of amides is 3. The van der Waals surface area contributed by atoms with E-state index >= 15 is 0 Å². The van der Waals surface area contributed by atoms with Crippen LogP contribution >= 0.6 is 0 Å². The van der Waals surface area contributed by atoms with E-state index in [1.807, 2.05) is 18.2 Å². The Labute approximate surface area is 163 Å². The molecule has 0 radical (unpaired) electrons. The van der Waals surface area contributed by atoms with Gasteiger partial charge in [-0.1, -0.05) is 30.3 Å². The summed E-state index contributed by atoms with van der Waals surface area (Å²) >= 11 is 0. The zero-order valence-electron chi connectivity index (χ0n) is 15.6. The molecule has 1 aliphatic rings. The van der Waals surface area contributed by atoms with E-state index in [1.54, 1.807) is 17.0 Å². The topological polar surface area (TPSA) is 125 Å². The minimum atomic E-state index is -1.19. The molecule has 3 amide bonds. The molecular weight excluding hydrogens is 366 g/mol. The highest BCUT2D eigenvalue weighted by Crippen LogP contribution is 2.11. The van der Waals surface area contributed by atoms with E-state index in [2.05, 4.69) is 10.6 Å². The molecule has 1 aliphatic heterocycles. The third-order valence-electron chi connectivity index (χ3n) is 4.29. The highest BCUT2D eigenvalue weighted by atomic mass is 16.5. The van der Waals surface area contributed by atoms with Gasteiger partial charge in [-0.2, -0.15) is 0 Å². The Kier molecular flexibility index (Phi) is 8.26. The molecule has 152 valence electrons. The fourth-order valence-electron chi connectivity index (χ4n) is 2.88. The van der Waals surface area contributed by atoms with Crippen LogP contribution in [0.1, 0.15) is 31.2 Å². The number of nitrogens with zero attached hydrogens (tertiary/aromatic N) is 1. The average molecular weight is 391 g/mol. The number of alkyl carbamates (subject to hydrolysis) is 1. The second-order valence-electron chi connectivity index (χ2n) is 6.52. The lowest BCUT2D eigenvalue weighted by atomic mass is 10.1. The van der Waals surface area contributed by atoms with Gasteiger partial charge in [-0.15, -0.1) is 0 Å². The van der Waals surface area contributed by atoms with Crippen molar-refractivity contribution in [3.8, 4) is 0 Å². The third kappa shape index (κ3) is 7.26. The number of ether oxygens (including phenoxy) is 1. The number of carboxylic acids is 1. The van der Waals surface area contributed by atoms with Crippen LogP contribution < -0.4 is 10.6 Å². The number of carbonyl (C=O) groups is 4. The Balaban J connectivity index is 1.79. The molecule has 0 aliphatic carbocycles. The van der Waals surface area contributed by atoms with E-state index in [-0.39, 0.29) is 6.61 Å². The quantitative estimate of drug-likeness (QED) is 0.604. The van der Waals surface area contributed by atoms with Crippen LogP contribution in [0.15, 0.2) is 30.3 Å². The van der Waals surface area contributed by atoms with E-state index in [0.717, 1.165) is 24.8 Å². The first-order valence-electron chi connectivity index (χ1n) is 9.20. The molecule has 0 unspecified atom stereocenters. The van der Waals surface area contributed by atoms with Crippen LogP contribution in [-0.4, -0.2) is 59.6 Å². The van der Waals surface area contributed by atoms with E-state index < -0.39 is 42.9 Å². The normalized spacial score (nSPS) is 14.6. The first kappa shape index (κ1) is 21.2. The summed E-state index contributed by atoms with van der Waals surface area (Å²) in [6.07, 6.45) is 1.44. The SMILES string of the molecule is O=C(O)C[C@H](NC(=O)CNC(=O)OCc1ccccc1)C(=O)N1CCCCC1. The second kappa shape index (κ2) is 10.9. The van der Waals surface area contributed by atoms with Crippen LogP contribution in [0, 0.1) is 0 Å². The third-order valence-corrected chi connectivity index (χ3v) is 4.29. The van der Waals surface area contributed by atoms with Gasteiger partial charge in [0.25, 0.3) is 0 Å². The Morgan fingerprint density at radius 1 is 1.07 bits per heavy atom. The largest absolute Gasteiger partial charge is 0.481 e. The average Bonchev–Trinajstić information content (AvgIpc) is 2.70. The smallest absolute Gasteiger partial charge is 0.407 e. The number of nitrogens with one attached hydrogen (secondary N) is 2. The number of aliphatic carboxylic acids is 1. The molecule has 9 heteroatoms. The van der Waals surface area contributed by atoms with Crippen LogP contribution in [0.3, 0.4) is 0 Å². The number of likely N-dealkylation sites (tertiary alicyclic amines) is 1. The van der Waals surface area contributed by atoms with Crippen molar-refractivity contribution < 1.29 is 29.0 Å². The summed E-state index contributed by atoms with van der Waals surface area (Å²) in [5.41, 5.74) is 0.802. The Morgan fingerprint density at radius 3 is 2.39 bits per heavy atom. The Morgan fingerprint density at radius 2 is 1.75 bits per heavy atom. The highest BCUT2D eigenvalue weighted by Gasteiger charge is 2.29. The first-order chi connectivity index (χ1) is 13.5. The van der Waals surface area contributed by atoms with Crippen molar-refractivity contribution in [1.29, 1.82) is 0 Å². The van der Waals surface area contributed by atoms with Crippen molar-refractivity contribution in [2.24, 2.45) is 0 Å². The summed E-state index contributed by atoms with van der Waals surface area (Å²) < 4.78 is 4.99. The number of rotatable bonds is 8. The van der Waals surface area contributed by atoms with E-state index in [9.17, 15) is 19.2 Å². The van der Waals surface area contributed by atoms with Crippen molar-refractivity contribution in [3.63, 3.8) is 0 Å². The van der Waals surface area contributed by atoms with Gasteiger partial charge in [-0.25, -0.2) is 4.79 Å². The predicted octanol–water partition coefficient (Wildman–Crippen LogP) is 0.885. The zero-order chi connectivity index (χ0) is 20.4. The maximum Gasteiger partial charge on any atom is 0.407 e. The molecule has 1 fully saturated rings. The van der Waals surface area contributed by atoms with Crippen molar-refractivity contribution in [1.82, 2.24) is 15.5 Å². The number of hydrogen-bond donors (Lipinski definition) is 3. The lowest BCUT2D eigenvalue weighted by Crippen LogP contribution is -2.52. The van der Waals surface area contributed by atoms with E-state index in [1.165, 1.54) is 0 Å². The first-order valence-corrected chi connectivity index (χ1v) is 9.20. The number of benzene rings is 1. The molecule has 0 bridgehead atoms. The number of carbonyl (C=O) groups excluding carboxylic acids is 3. The van der Waals surface area contributed by atoms with Crippen LogP contribution in [0.2, 0.25) is 0 Å². The van der Waals surface area contributed by atoms with Crippen molar-refractivity contribution in [2.75, 3.05) is 19.6 Å². The van der Waals surface area contributed by atoms with Gasteiger partial charge in [0.1, 0.15) is 19.2 Å². The Hall–Kier alpha value is -3.10. The Bertz CT molecular complexity index is 688. The summed E-state index contributed by atoms with van der Waals surface area (Å²) in [6, 6.07) is 7.89. The number of piperidine rings is 1. The zero-order valence-corrected chi connectivity index (χ0v) is 15.6. The van der Waals surface area contributed by atoms with Gasteiger partial charge in [0.2, 0.25) is 11.8 Å². The summed E-state index contributed by atoms with van der Waals surface area (Å²) in [6.45, 7) is 0.740. The molecule has 1 saturated heterocycles. The van der Waals surface area contributed by atoms with Crippen molar-refractivity contribution in [2.45, 2.75) is 38.3 Å². The molecule has 0 saturated carbocycles. The molecule has 28 heavy (non-hydrogen) atoms. The molecule has 1 aromatic carbocycles. The van der Waals surface area contributed by atoms with Crippen LogP contribution in [0.5, 0.6) is 0 Å². The summed E-state index contributed by atoms with van der Waals surface area (Å²) in [4.78, 5) is 48.9. The van der Waals surface area contributed by atoms with Crippen molar-refractivity contribution >= 4 is 23.9 Å². The van der Waals surface area contributed by atoms with E-state index in [0.29, 0.717) is 13.1 Å². The molecule has 0 aromatic heterocycles. The van der Waals surface area contributed by atoms with Gasteiger partial charge in [0, 0.05) is 13.1 Å². The summed E-state index contributed by atoms with van der Waals surface area (Å²) in [5, 5.41) is 13.7. The highest BCUT2D eigenvalue weighted by molar-refractivity contribution is 5.92. The maximum absolute atomic E-state index is 12.5. The molecule has 1 heterocycles. The molecule has 2 rings (SSSR count). The predicted molar refractivity (Wildman–Crippen MR) is 99.2 cm³/mol. The fourth-order valence-corrected chi connectivity index (χ4v) is 2.88. The van der Waals surface area contributed by atoms with E-state index in [4.69, 9.17) is 9.84 Å². The van der Waals surface area contributed by atoms with Crippen LogP contribution in [0.4, 0.5) is 4.79 Å². The van der Waals surface area contributed by atoms with Gasteiger partial charge in [-0.3, -0.25) is 14.4 Å². The van der Waals surface area contributed by atoms with Gasteiger partial charge in [0.05, 0.1) is 6.42 Å². The molecule has 1 aromatic rings. The van der Waals surface area contributed by atoms with Crippen LogP contribution in [-0.2, 0) is 25.7 Å². The summed E-state index contributed by atoms with van der Waals surface area (Å²) in [5.74, 6) is -2.26. The maximum atomic E-state index is 12.5. The molecule has 9 nitrogen and oxygen atoms in total. The van der Waals surface area contributed by atoms with Crippen LogP contribution in [0.25, 0.3) is 0 Å². The summed E-state index contributed by atoms with van der Waals surface area (Å²) in [7, 11) is 0. The van der Waals surface area contributed by atoms with Gasteiger partial charge in [0.15, 0.2) is 0 Å². The van der Waals surface area contributed by atoms with Gasteiger partial charge >= 0.3 is 12.1 Å². The molecule has 0 spiro atoms. The van der Waals surface area contributed by atoms with Crippen molar-refractivity contribution in [3.05, 3.63) is 35.9 Å². The van der Waals surface area contributed by atoms with Gasteiger partial charge in [-0.05, 0) is 24.8 Å². The number of hydrogen-bond acceptors (Lipinski definition) is 5. The fraction of sp³-hybridized carbons (Fsp3) is 0.474. The molecule has 3 N–H and O–H groups in total. The number of carboxylic acid groups (broad SMARTS) is 1. The lowest BCUT2D eigenvalue weighted by Gasteiger charge is -2.30. The molecule has 1 atom stereocenters. The second-order valence-corrected chi connectivity index (χ2v) is 6.52.